The molecule has 0 amide bonds. The van der Waals surface area contributed by atoms with E-state index >= 15 is 0 Å². The van der Waals surface area contributed by atoms with Crippen molar-refractivity contribution in [2.24, 2.45) is 0 Å². The Kier molecular flexibility index (Phi) is 4.93. The highest BCUT2D eigenvalue weighted by molar-refractivity contribution is 9.10. The van der Waals surface area contributed by atoms with Gasteiger partial charge in [-0.1, -0.05) is 18.5 Å². The molecule has 1 aromatic carbocycles. The van der Waals surface area contributed by atoms with Crippen LogP contribution in [0.3, 0.4) is 0 Å². The topological polar surface area (TPSA) is 15.3 Å². The van der Waals surface area contributed by atoms with E-state index in [1.165, 1.54) is 18.5 Å². The average molecular weight is 332 g/mol. The van der Waals surface area contributed by atoms with E-state index in [9.17, 15) is 0 Å². The van der Waals surface area contributed by atoms with Crippen LogP contribution in [0.1, 0.15) is 26.7 Å². The van der Waals surface area contributed by atoms with Gasteiger partial charge in [0, 0.05) is 28.1 Å². The maximum absolute atomic E-state index is 6.10. The number of hydrogen-bond donors (Lipinski definition) is 1. The smallest absolute Gasteiger partial charge is 0.0528 e. The molecular formula is C14H20BrClN2. The molecule has 0 spiro atoms. The zero-order valence-corrected chi connectivity index (χ0v) is 13.3. The number of piperidine rings is 1. The van der Waals surface area contributed by atoms with Crippen LogP contribution in [0.5, 0.6) is 0 Å². The number of nitrogens with one attached hydrogen (secondary N) is 1. The van der Waals surface area contributed by atoms with Crippen molar-refractivity contribution in [2.75, 3.05) is 18.0 Å². The van der Waals surface area contributed by atoms with Gasteiger partial charge in [0.05, 0.1) is 5.69 Å². The third-order valence-electron chi connectivity index (χ3n) is 3.59. The number of anilines is 1. The van der Waals surface area contributed by atoms with Crippen molar-refractivity contribution in [1.82, 2.24) is 5.32 Å². The van der Waals surface area contributed by atoms with E-state index in [4.69, 9.17) is 11.6 Å². The van der Waals surface area contributed by atoms with Gasteiger partial charge in [-0.05, 0) is 60.4 Å². The molecule has 1 aliphatic rings. The average Bonchev–Trinajstić information content (AvgIpc) is 2.33. The molecule has 0 saturated carbocycles. The zero-order valence-electron chi connectivity index (χ0n) is 10.9. The van der Waals surface area contributed by atoms with Crippen molar-refractivity contribution in [1.29, 1.82) is 0 Å². The fourth-order valence-corrected chi connectivity index (χ4v) is 3.35. The van der Waals surface area contributed by atoms with E-state index in [0.29, 0.717) is 12.1 Å². The summed E-state index contributed by atoms with van der Waals surface area (Å²) in [5, 5.41) is 4.35. The zero-order chi connectivity index (χ0) is 13.1. The summed E-state index contributed by atoms with van der Waals surface area (Å²) in [7, 11) is 0. The Morgan fingerprint density at radius 3 is 2.94 bits per heavy atom. The molecule has 1 fully saturated rings. The van der Waals surface area contributed by atoms with Crippen molar-refractivity contribution in [3.63, 3.8) is 0 Å². The standard InChI is InChI=1S/C14H20BrClN2/c1-3-17-12-6-7-18(10(2)8-12)14-9-11(16)4-5-13(14)15/h4-5,9-10,12,17H,3,6-8H2,1-2H3. The highest BCUT2D eigenvalue weighted by atomic mass is 79.9. The van der Waals surface area contributed by atoms with Crippen LogP contribution in [-0.2, 0) is 0 Å². The number of nitrogens with zero attached hydrogens (tertiary/aromatic N) is 1. The molecule has 2 rings (SSSR count). The van der Waals surface area contributed by atoms with Crippen LogP contribution >= 0.6 is 27.5 Å². The van der Waals surface area contributed by atoms with Crippen molar-refractivity contribution in [2.45, 2.75) is 38.8 Å². The molecule has 1 heterocycles. The van der Waals surface area contributed by atoms with Crippen molar-refractivity contribution < 1.29 is 0 Å². The number of rotatable bonds is 3. The monoisotopic (exact) mass is 330 g/mol. The third-order valence-corrected chi connectivity index (χ3v) is 4.49. The Balaban J connectivity index is 2.12. The first-order valence-corrected chi connectivity index (χ1v) is 7.74. The maximum atomic E-state index is 6.10. The fourth-order valence-electron chi connectivity index (χ4n) is 2.71. The molecule has 2 unspecified atom stereocenters. The number of hydrogen-bond acceptors (Lipinski definition) is 2. The third kappa shape index (κ3) is 3.19. The maximum Gasteiger partial charge on any atom is 0.0528 e. The van der Waals surface area contributed by atoms with Crippen LogP contribution in [0.2, 0.25) is 5.02 Å². The fraction of sp³-hybridized carbons (Fsp3) is 0.571. The summed E-state index contributed by atoms with van der Waals surface area (Å²) in [6.07, 6.45) is 2.38. The van der Waals surface area contributed by atoms with Crippen molar-refractivity contribution in [3.8, 4) is 0 Å². The lowest BCUT2D eigenvalue weighted by Gasteiger charge is -2.40. The highest BCUT2D eigenvalue weighted by Crippen LogP contribution is 2.33. The molecule has 2 atom stereocenters. The lowest BCUT2D eigenvalue weighted by atomic mass is 9.97. The lowest BCUT2D eigenvalue weighted by molar-refractivity contribution is 0.374. The van der Waals surface area contributed by atoms with E-state index < -0.39 is 0 Å². The van der Waals surface area contributed by atoms with Gasteiger partial charge in [-0.25, -0.2) is 0 Å². The Morgan fingerprint density at radius 2 is 2.28 bits per heavy atom. The van der Waals surface area contributed by atoms with Crippen molar-refractivity contribution in [3.05, 3.63) is 27.7 Å². The van der Waals surface area contributed by atoms with Gasteiger partial charge in [-0.2, -0.15) is 0 Å². The van der Waals surface area contributed by atoms with E-state index in [0.717, 1.165) is 22.6 Å². The summed E-state index contributed by atoms with van der Waals surface area (Å²) >= 11 is 9.73. The lowest BCUT2D eigenvalue weighted by Crippen LogP contribution is -2.47. The SMILES string of the molecule is CCNC1CCN(c2cc(Cl)ccc2Br)C(C)C1. The van der Waals surface area contributed by atoms with Crippen LogP contribution in [0, 0.1) is 0 Å². The first-order valence-electron chi connectivity index (χ1n) is 6.57. The summed E-state index contributed by atoms with van der Waals surface area (Å²) in [6, 6.07) is 7.19. The largest absolute Gasteiger partial charge is 0.368 e. The molecule has 2 nitrogen and oxygen atoms in total. The van der Waals surface area contributed by atoms with Crippen LogP contribution in [0.4, 0.5) is 5.69 Å². The van der Waals surface area contributed by atoms with E-state index in [-0.39, 0.29) is 0 Å². The first kappa shape index (κ1) is 14.2. The quantitative estimate of drug-likeness (QED) is 0.898. The van der Waals surface area contributed by atoms with Gasteiger partial charge < -0.3 is 10.2 Å². The van der Waals surface area contributed by atoms with Crippen molar-refractivity contribution >= 4 is 33.2 Å². The Hall–Kier alpha value is -0.250. The molecule has 0 aliphatic carbocycles. The second-order valence-electron chi connectivity index (χ2n) is 4.92. The van der Waals surface area contributed by atoms with Gasteiger partial charge in [0.1, 0.15) is 0 Å². The summed E-state index contributed by atoms with van der Waals surface area (Å²) in [5.74, 6) is 0. The Morgan fingerprint density at radius 1 is 1.50 bits per heavy atom. The number of benzene rings is 1. The minimum absolute atomic E-state index is 0.539. The minimum atomic E-state index is 0.539. The summed E-state index contributed by atoms with van der Waals surface area (Å²) in [6.45, 7) is 6.59. The molecular weight excluding hydrogens is 312 g/mol. The van der Waals surface area contributed by atoms with Gasteiger partial charge in [0.25, 0.3) is 0 Å². The molecule has 4 heteroatoms. The molecule has 100 valence electrons. The van der Waals surface area contributed by atoms with Gasteiger partial charge in [-0.15, -0.1) is 0 Å². The van der Waals surface area contributed by atoms with Crippen LogP contribution in [-0.4, -0.2) is 25.2 Å². The predicted molar refractivity (Wildman–Crippen MR) is 82.7 cm³/mol. The summed E-state index contributed by atoms with van der Waals surface area (Å²) in [5.41, 5.74) is 1.21. The van der Waals surface area contributed by atoms with Crippen LogP contribution in [0.25, 0.3) is 0 Å². The highest BCUT2D eigenvalue weighted by Gasteiger charge is 2.26. The van der Waals surface area contributed by atoms with E-state index in [2.05, 4.69) is 46.1 Å². The molecule has 0 aromatic heterocycles. The second-order valence-corrected chi connectivity index (χ2v) is 6.21. The molecule has 0 radical (unpaired) electrons. The molecule has 1 saturated heterocycles. The van der Waals surface area contributed by atoms with Gasteiger partial charge >= 0.3 is 0 Å². The molecule has 0 bridgehead atoms. The minimum Gasteiger partial charge on any atom is -0.368 e. The van der Waals surface area contributed by atoms with Gasteiger partial charge in [0.2, 0.25) is 0 Å². The molecule has 1 N–H and O–H groups in total. The normalized spacial score (nSPS) is 24.3. The van der Waals surface area contributed by atoms with Crippen LogP contribution < -0.4 is 10.2 Å². The predicted octanol–water partition coefficient (Wildman–Crippen LogP) is 4.07. The Labute approximate surface area is 123 Å². The first-order chi connectivity index (χ1) is 8.61. The Bertz CT molecular complexity index is 411. The summed E-state index contributed by atoms with van der Waals surface area (Å²) < 4.78 is 1.13. The second kappa shape index (κ2) is 6.27. The van der Waals surface area contributed by atoms with E-state index in [1.54, 1.807) is 0 Å². The molecule has 18 heavy (non-hydrogen) atoms. The summed E-state index contributed by atoms with van der Waals surface area (Å²) in [4.78, 5) is 2.45. The van der Waals surface area contributed by atoms with E-state index in [1.807, 2.05) is 12.1 Å². The number of halogens is 2. The van der Waals surface area contributed by atoms with Crippen LogP contribution in [0.15, 0.2) is 22.7 Å². The van der Waals surface area contributed by atoms with Gasteiger partial charge in [0.15, 0.2) is 0 Å². The molecule has 1 aromatic rings. The van der Waals surface area contributed by atoms with Gasteiger partial charge in [-0.3, -0.25) is 0 Å². The molecule has 1 aliphatic heterocycles.